The van der Waals surface area contributed by atoms with Crippen molar-refractivity contribution in [3.05, 3.63) is 170 Å². The predicted octanol–water partition coefficient (Wildman–Crippen LogP) is 11.1. The number of hydrogen-bond acceptors (Lipinski definition) is 1. The Bertz CT molecular complexity index is 2150. The van der Waals surface area contributed by atoms with Gasteiger partial charge in [-0.3, -0.25) is 0 Å². The van der Waals surface area contributed by atoms with Gasteiger partial charge in [-0.05, 0) is 71.1 Å². The van der Waals surface area contributed by atoms with Crippen molar-refractivity contribution in [2.45, 2.75) is 0 Å². The lowest BCUT2D eigenvalue weighted by atomic mass is 10.0. The van der Waals surface area contributed by atoms with Crippen LogP contribution in [-0.2, 0) is 0 Å². The molecule has 198 valence electrons. The Balaban J connectivity index is 1.28. The van der Waals surface area contributed by atoms with E-state index < -0.39 is 0 Å². The summed E-state index contributed by atoms with van der Waals surface area (Å²) in [7, 11) is 0. The number of nitrogens with zero attached hydrogens (tertiary/aromatic N) is 2. The highest BCUT2D eigenvalue weighted by Crippen LogP contribution is 2.40. The molecule has 0 unspecified atom stereocenters. The molecule has 0 bridgehead atoms. The van der Waals surface area contributed by atoms with Gasteiger partial charge in [0.1, 0.15) is 0 Å². The van der Waals surface area contributed by atoms with Crippen LogP contribution < -0.4 is 4.90 Å². The fraction of sp³-hybridized carbons (Fsp3) is 0. The molecule has 0 aliphatic rings. The average molecular weight is 537 g/mol. The van der Waals surface area contributed by atoms with E-state index in [-0.39, 0.29) is 0 Å². The maximum atomic E-state index is 2.38. The van der Waals surface area contributed by atoms with Gasteiger partial charge in [-0.2, -0.15) is 0 Å². The van der Waals surface area contributed by atoms with Gasteiger partial charge in [0.05, 0.1) is 16.7 Å². The van der Waals surface area contributed by atoms with Gasteiger partial charge in [0.15, 0.2) is 0 Å². The van der Waals surface area contributed by atoms with E-state index in [9.17, 15) is 0 Å². The fourth-order valence-corrected chi connectivity index (χ4v) is 6.26. The normalized spacial score (nSPS) is 11.3. The molecule has 7 aromatic carbocycles. The van der Waals surface area contributed by atoms with E-state index in [4.69, 9.17) is 0 Å². The van der Waals surface area contributed by atoms with Gasteiger partial charge in [0.2, 0.25) is 0 Å². The molecule has 0 saturated carbocycles. The molecule has 0 amide bonds. The van der Waals surface area contributed by atoms with E-state index in [2.05, 4.69) is 179 Å². The van der Waals surface area contributed by atoms with Crippen LogP contribution in [0.25, 0.3) is 49.4 Å². The minimum absolute atomic E-state index is 1.12. The molecule has 0 saturated heterocycles. The SMILES string of the molecule is c1ccc(N(c2cccc(-c3cccc(-n4c5ccccc5c5ccccc54)c3)c2)c2cccc3ccccc23)cc1. The quantitative estimate of drug-likeness (QED) is 0.212. The zero-order valence-corrected chi connectivity index (χ0v) is 23.1. The summed E-state index contributed by atoms with van der Waals surface area (Å²) in [6.07, 6.45) is 0. The summed E-state index contributed by atoms with van der Waals surface area (Å²) in [5, 5.41) is 5.00. The Morgan fingerprint density at radius 3 is 1.69 bits per heavy atom. The molecule has 0 aliphatic carbocycles. The molecular formula is C40H28N2. The predicted molar refractivity (Wildman–Crippen MR) is 178 cm³/mol. The van der Waals surface area contributed by atoms with E-state index in [0.717, 1.165) is 22.7 Å². The highest BCUT2D eigenvalue weighted by molar-refractivity contribution is 6.09. The Morgan fingerprint density at radius 1 is 0.381 bits per heavy atom. The number of fused-ring (bicyclic) bond motifs is 4. The minimum Gasteiger partial charge on any atom is -0.310 e. The van der Waals surface area contributed by atoms with Gasteiger partial charge in [-0.1, -0.05) is 115 Å². The van der Waals surface area contributed by atoms with Crippen LogP contribution in [0.5, 0.6) is 0 Å². The highest BCUT2D eigenvalue weighted by atomic mass is 15.1. The Morgan fingerprint density at radius 2 is 0.929 bits per heavy atom. The highest BCUT2D eigenvalue weighted by Gasteiger charge is 2.16. The van der Waals surface area contributed by atoms with E-state index in [0.29, 0.717) is 0 Å². The molecule has 0 aliphatic heterocycles. The molecule has 2 heteroatoms. The summed E-state index contributed by atoms with van der Waals surface area (Å²) < 4.78 is 2.38. The first-order chi connectivity index (χ1) is 20.8. The molecule has 0 radical (unpaired) electrons. The topological polar surface area (TPSA) is 8.17 Å². The van der Waals surface area contributed by atoms with Crippen molar-refractivity contribution in [3.63, 3.8) is 0 Å². The van der Waals surface area contributed by atoms with Gasteiger partial charge >= 0.3 is 0 Å². The number of para-hydroxylation sites is 3. The molecule has 0 N–H and O–H groups in total. The molecule has 42 heavy (non-hydrogen) atoms. The van der Waals surface area contributed by atoms with Crippen molar-refractivity contribution < 1.29 is 0 Å². The number of benzene rings is 7. The van der Waals surface area contributed by atoms with Crippen LogP contribution in [-0.4, -0.2) is 4.57 Å². The summed E-state index contributed by atoms with van der Waals surface area (Å²) in [5.41, 5.74) is 9.37. The van der Waals surface area contributed by atoms with Crippen LogP contribution in [0, 0.1) is 0 Å². The second kappa shape index (κ2) is 10.1. The van der Waals surface area contributed by atoms with Crippen molar-refractivity contribution >= 4 is 49.6 Å². The second-order valence-corrected chi connectivity index (χ2v) is 10.6. The number of rotatable bonds is 5. The third-order valence-electron chi connectivity index (χ3n) is 8.14. The first-order valence-electron chi connectivity index (χ1n) is 14.4. The lowest BCUT2D eigenvalue weighted by Gasteiger charge is -2.27. The Hall–Kier alpha value is -5.60. The summed E-state index contributed by atoms with van der Waals surface area (Å²) >= 11 is 0. The summed E-state index contributed by atoms with van der Waals surface area (Å²) in [4.78, 5) is 2.36. The molecule has 0 atom stereocenters. The molecule has 1 heterocycles. The third kappa shape index (κ3) is 4.05. The minimum atomic E-state index is 1.12. The molecule has 0 spiro atoms. The van der Waals surface area contributed by atoms with E-state index in [1.54, 1.807) is 0 Å². The van der Waals surface area contributed by atoms with Crippen LogP contribution in [0.3, 0.4) is 0 Å². The van der Waals surface area contributed by atoms with Crippen molar-refractivity contribution in [2.75, 3.05) is 4.90 Å². The lowest BCUT2D eigenvalue weighted by Crippen LogP contribution is -2.10. The summed E-state index contributed by atoms with van der Waals surface area (Å²) in [5.74, 6) is 0. The van der Waals surface area contributed by atoms with E-state index >= 15 is 0 Å². The zero-order valence-electron chi connectivity index (χ0n) is 23.1. The largest absolute Gasteiger partial charge is 0.310 e. The molecule has 2 nitrogen and oxygen atoms in total. The van der Waals surface area contributed by atoms with Crippen molar-refractivity contribution in [2.24, 2.45) is 0 Å². The molecule has 1 aromatic heterocycles. The lowest BCUT2D eigenvalue weighted by molar-refractivity contribution is 1.18. The molecule has 0 fully saturated rings. The third-order valence-corrected chi connectivity index (χ3v) is 8.14. The van der Waals surface area contributed by atoms with Crippen molar-refractivity contribution in [3.8, 4) is 16.8 Å². The van der Waals surface area contributed by atoms with Crippen LogP contribution in [0.4, 0.5) is 17.1 Å². The Labute approximate surface area is 245 Å². The van der Waals surface area contributed by atoms with E-state index in [1.807, 2.05) is 0 Å². The van der Waals surface area contributed by atoms with Gasteiger partial charge < -0.3 is 9.47 Å². The molecule has 8 rings (SSSR count). The van der Waals surface area contributed by atoms with Crippen LogP contribution in [0.15, 0.2) is 170 Å². The van der Waals surface area contributed by atoms with Crippen molar-refractivity contribution in [1.82, 2.24) is 4.57 Å². The van der Waals surface area contributed by atoms with E-state index in [1.165, 1.54) is 43.7 Å². The molecule has 8 aromatic rings. The molecular weight excluding hydrogens is 508 g/mol. The standard InChI is InChI=1S/C40H28N2/c1-2-17-32(18-3-1)41(38-26-12-14-29-13-4-5-21-35(29)38)33-19-10-15-30(27-33)31-16-11-20-34(28-31)42-39-24-8-6-22-36(39)37-23-7-9-25-40(37)42/h1-28H. The fourth-order valence-electron chi connectivity index (χ4n) is 6.26. The van der Waals surface area contributed by atoms with Gasteiger partial charge in [-0.25, -0.2) is 0 Å². The van der Waals surface area contributed by atoms with Crippen molar-refractivity contribution in [1.29, 1.82) is 0 Å². The smallest absolute Gasteiger partial charge is 0.0541 e. The second-order valence-electron chi connectivity index (χ2n) is 10.6. The van der Waals surface area contributed by atoms with Gasteiger partial charge in [0, 0.05) is 33.2 Å². The first-order valence-corrected chi connectivity index (χ1v) is 14.4. The van der Waals surface area contributed by atoms with Crippen LogP contribution in [0.2, 0.25) is 0 Å². The van der Waals surface area contributed by atoms with Crippen LogP contribution in [0.1, 0.15) is 0 Å². The van der Waals surface area contributed by atoms with Gasteiger partial charge in [-0.15, -0.1) is 0 Å². The first kappa shape index (κ1) is 24.2. The Kier molecular flexibility index (Phi) is 5.82. The number of aromatic nitrogens is 1. The maximum Gasteiger partial charge on any atom is 0.0541 e. The van der Waals surface area contributed by atoms with Crippen LogP contribution >= 0.6 is 0 Å². The summed E-state index contributed by atoms with van der Waals surface area (Å²) in [6, 6.07) is 60.9. The number of anilines is 3. The van der Waals surface area contributed by atoms with Gasteiger partial charge in [0.25, 0.3) is 0 Å². The summed E-state index contributed by atoms with van der Waals surface area (Å²) in [6.45, 7) is 0. The zero-order chi connectivity index (χ0) is 27.9. The number of hydrogen-bond donors (Lipinski definition) is 0. The monoisotopic (exact) mass is 536 g/mol. The average Bonchev–Trinajstić information content (AvgIpc) is 3.40. The maximum absolute atomic E-state index is 2.38.